The van der Waals surface area contributed by atoms with E-state index in [1.807, 2.05) is 30.3 Å². The van der Waals surface area contributed by atoms with Crippen LogP contribution in [0.25, 0.3) is 0 Å². The molecule has 2 aromatic rings. The monoisotopic (exact) mass is 383 g/mol. The van der Waals surface area contributed by atoms with Crippen LogP contribution in [0.1, 0.15) is 15.9 Å². The Bertz CT molecular complexity index is 597. The van der Waals surface area contributed by atoms with Crippen molar-refractivity contribution >= 4 is 43.5 Å². The van der Waals surface area contributed by atoms with Gasteiger partial charge < -0.3 is 10.4 Å². The number of carboxylic acid groups (broad SMARTS) is 1. The molecule has 0 bridgehead atoms. The lowest BCUT2D eigenvalue weighted by Crippen LogP contribution is -2.06. The predicted molar refractivity (Wildman–Crippen MR) is 82.6 cm³/mol. The first-order valence-corrected chi connectivity index (χ1v) is 7.16. The predicted octanol–water partition coefficient (Wildman–Crippen LogP) is 4.52. The van der Waals surface area contributed by atoms with Crippen LogP contribution in [0.3, 0.4) is 0 Å². The van der Waals surface area contributed by atoms with Crippen molar-refractivity contribution in [3.05, 3.63) is 62.5 Å². The number of carbonyl (C=O) groups is 1. The van der Waals surface area contributed by atoms with Crippen LogP contribution in [0.15, 0.2) is 51.4 Å². The fourth-order valence-electron chi connectivity index (χ4n) is 1.65. The summed E-state index contributed by atoms with van der Waals surface area (Å²) < 4.78 is 1.77. The first-order chi connectivity index (χ1) is 9.06. The van der Waals surface area contributed by atoms with E-state index in [-0.39, 0.29) is 5.56 Å². The smallest absolute Gasteiger partial charge is 0.337 e. The van der Waals surface area contributed by atoms with Crippen LogP contribution in [0, 0.1) is 0 Å². The second kappa shape index (κ2) is 6.21. The van der Waals surface area contributed by atoms with Gasteiger partial charge in [-0.1, -0.05) is 44.0 Å². The molecule has 0 saturated heterocycles. The van der Waals surface area contributed by atoms with E-state index in [1.165, 1.54) is 0 Å². The zero-order chi connectivity index (χ0) is 13.8. The fourth-order valence-corrected chi connectivity index (χ4v) is 2.27. The van der Waals surface area contributed by atoms with E-state index >= 15 is 0 Å². The number of benzene rings is 2. The maximum atomic E-state index is 11.2. The first kappa shape index (κ1) is 14.1. The van der Waals surface area contributed by atoms with Crippen LogP contribution < -0.4 is 5.32 Å². The van der Waals surface area contributed by atoms with E-state index in [0.717, 1.165) is 14.5 Å². The molecule has 0 spiro atoms. The summed E-state index contributed by atoms with van der Waals surface area (Å²) in [6, 6.07) is 13.0. The quantitative estimate of drug-likeness (QED) is 0.814. The van der Waals surface area contributed by atoms with Gasteiger partial charge in [-0.05, 0) is 35.9 Å². The molecular weight excluding hydrogens is 374 g/mol. The molecule has 2 rings (SSSR count). The highest BCUT2D eigenvalue weighted by molar-refractivity contribution is 9.10. The highest BCUT2D eigenvalue weighted by Crippen LogP contribution is 2.22. The van der Waals surface area contributed by atoms with Crippen molar-refractivity contribution in [2.75, 3.05) is 5.32 Å². The van der Waals surface area contributed by atoms with Gasteiger partial charge in [-0.2, -0.15) is 0 Å². The van der Waals surface area contributed by atoms with Crippen LogP contribution in [-0.4, -0.2) is 11.1 Å². The van der Waals surface area contributed by atoms with Crippen molar-refractivity contribution in [2.24, 2.45) is 0 Å². The number of halogens is 2. The maximum Gasteiger partial charge on any atom is 0.337 e. The van der Waals surface area contributed by atoms with Crippen molar-refractivity contribution in [1.82, 2.24) is 0 Å². The Labute approximate surface area is 127 Å². The second-order valence-corrected chi connectivity index (χ2v) is 5.81. The molecule has 0 unspecified atom stereocenters. The van der Waals surface area contributed by atoms with Gasteiger partial charge in [-0.15, -0.1) is 0 Å². The lowest BCUT2D eigenvalue weighted by molar-refractivity contribution is 0.0698. The molecule has 0 heterocycles. The molecule has 0 saturated carbocycles. The molecule has 5 heteroatoms. The Morgan fingerprint density at radius 1 is 1.05 bits per heavy atom. The minimum Gasteiger partial charge on any atom is -0.478 e. The number of nitrogens with one attached hydrogen (secondary N) is 1. The van der Waals surface area contributed by atoms with Crippen LogP contribution >= 0.6 is 31.9 Å². The van der Waals surface area contributed by atoms with Crippen molar-refractivity contribution in [3.63, 3.8) is 0 Å². The standard InChI is InChI=1S/C14H11Br2NO2/c15-10-3-1-9(2-4-10)8-17-13-6-5-11(16)7-12(13)14(18)19/h1-7,17H,8H2,(H,18,19). The van der Waals surface area contributed by atoms with Gasteiger partial charge in [0.25, 0.3) is 0 Å². The molecule has 0 aliphatic heterocycles. The van der Waals surface area contributed by atoms with Crippen LogP contribution in [0.4, 0.5) is 5.69 Å². The highest BCUT2D eigenvalue weighted by Gasteiger charge is 2.10. The summed E-state index contributed by atoms with van der Waals surface area (Å²) in [4.78, 5) is 11.2. The topological polar surface area (TPSA) is 49.3 Å². The number of anilines is 1. The van der Waals surface area contributed by atoms with Gasteiger partial charge in [0.15, 0.2) is 0 Å². The van der Waals surface area contributed by atoms with E-state index in [4.69, 9.17) is 5.11 Å². The van der Waals surface area contributed by atoms with Crippen LogP contribution in [0.2, 0.25) is 0 Å². The van der Waals surface area contributed by atoms with Gasteiger partial charge >= 0.3 is 5.97 Å². The van der Waals surface area contributed by atoms with Gasteiger partial charge in [0.1, 0.15) is 0 Å². The molecule has 0 amide bonds. The van der Waals surface area contributed by atoms with Crippen LogP contribution in [-0.2, 0) is 6.54 Å². The molecule has 0 atom stereocenters. The normalized spacial score (nSPS) is 10.2. The minimum atomic E-state index is -0.945. The first-order valence-electron chi connectivity index (χ1n) is 5.57. The Hall–Kier alpha value is -1.33. The summed E-state index contributed by atoms with van der Waals surface area (Å²) in [5.74, 6) is -0.945. The number of hydrogen-bond acceptors (Lipinski definition) is 2. The molecule has 98 valence electrons. The van der Waals surface area contributed by atoms with Gasteiger partial charge in [-0.3, -0.25) is 0 Å². The summed E-state index contributed by atoms with van der Waals surface area (Å²) in [7, 11) is 0. The number of carboxylic acids is 1. The van der Waals surface area contributed by atoms with Crippen molar-refractivity contribution in [2.45, 2.75) is 6.54 Å². The minimum absolute atomic E-state index is 0.256. The largest absolute Gasteiger partial charge is 0.478 e. The van der Waals surface area contributed by atoms with E-state index in [9.17, 15) is 4.79 Å². The summed E-state index contributed by atoms with van der Waals surface area (Å²) in [5, 5.41) is 12.3. The zero-order valence-electron chi connectivity index (χ0n) is 9.86. The second-order valence-electron chi connectivity index (χ2n) is 3.98. The third-order valence-corrected chi connectivity index (χ3v) is 3.63. The highest BCUT2D eigenvalue weighted by atomic mass is 79.9. The average molecular weight is 385 g/mol. The van der Waals surface area contributed by atoms with Gasteiger partial charge in [0.2, 0.25) is 0 Å². The fraction of sp³-hybridized carbons (Fsp3) is 0.0714. The van der Waals surface area contributed by atoms with E-state index < -0.39 is 5.97 Å². The summed E-state index contributed by atoms with van der Waals surface area (Å²) in [6.45, 7) is 0.579. The van der Waals surface area contributed by atoms with Gasteiger partial charge in [-0.25, -0.2) is 4.79 Å². The van der Waals surface area contributed by atoms with E-state index in [2.05, 4.69) is 37.2 Å². The average Bonchev–Trinajstić information content (AvgIpc) is 2.39. The molecule has 2 aromatic carbocycles. The molecule has 3 nitrogen and oxygen atoms in total. The Balaban J connectivity index is 2.15. The third kappa shape index (κ3) is 3.81. The lowest BCUT2D eigenvalue weighted by atomic mass is 10.1. The SMILES string of the molecule is O=C(O)c1cc(Br)ccc1NCc1ccc(Br)cc1. The van der Waals surface area contributed by atoms with Crippen molar-refractivity contribution in [1.29, 1.82) is 0 Å². The molecular formula is C14H11Br2NO2. The number of rotatable bonds is 4. The Morgan fingerprint density at radius 3 is 2.32 bits per heavy atom. The van der Waals surface area contributed by atoms with E-state index in [0.29, 0.717) is 12.2 Å². The van der Waals surface area contributed by atoms with Crippen molar-refractivity contribution in [3.8, 4) is 0 Å². The molecule has 0 aromatic heterocycles. The zero-order valence-corrected chi connectivity index (χ0v) is 13.0. The number of hydrogen-bond donors (Lipinski definition) is 2. The summed E-state index contributed by atoms with van der Waals surface area (Å²) >= 11 is 6.65. The summed E-state index contributed by atoms with van der Waals surface area (Å²) in [6.07, 6.45) is 0. The molecule has 0 radical (unpaired) electrons. The van der Waals surface area contributed by atoms with Gasteiger partial charge in [0.05, 0.1) is 5.56 Å². The summed E-state index contributed by atoms with van der Waals surface area (Å²) in [5.41, 5.74) is 1.95. The van der Waals surface area contributed by atoms with Gasteiger partial charge in [0, 0.05) is 21.2 Å². The number of aromatic carboxylic acids is 1. The third-order valence-electron chi connectivity index (χ3n) is 2.61. The molecule has 19 heavy (non-hydrogen) atoms. The Kier molecular flexibility index (Phi) is 4.61. The van der Waals surface area contributed by atoms with Crippen LogP contribution in [0.5, 0.6) is 0 Å². The molecule has 0 aliphatic rings. The van der Waals surface area contributed by atoms with Crippen molar-refractivity contribution < 1.29 is 9.90 Å². The molecule has 0 fully saturated rings. The molecule has 2 N–H and O–H groups in total. The van der Waals surface area contributed by atoms with E-state index in [1.54, 1.807) is 12.1 Å². The molecule has 0 aliphatic carbocycles. The lowest BCUT2D eigenvalue weighted by Gasteiger charge is -2.10. The maximum absolute atomic E-state index is 11.2. The Morgan fingerprint density at radius 2 is 1.68 bits per heavy atom.